The number of benzene rings is 2. The van der Waals surface area contributed by atoms with E-state index in [0.29, 0.717) is 46.7 Å². The highest BCUT2D eigenvalue weighted by atomic mass is 19.1. The third-order valence-corrected chi connectivity index (χ3v) is 6.57. The summed E-state index contributed by atoms with van der Waals surface area (Å²) < 4.78 is 55.5. The van der Waals surface area contributed by atoms with Gasteiger partial charge in [-0.25, -0.2) is 13.8 Å². The van der Waals surface area contributed by atoms with Gasteiger partial charge in [0.1, 0.15) is 29.9 Å². The Balaban J connectivity index is 1.57. The van der Waals surface area contributed by atoms with Crippen molar-refractivity contribution in [1.82, 2.24) is 4.98 Å². The third-order valence-electron chi connectivity index (χ3n) is 6.57. The summed E-state index contributed by atoms with van der Waals surface area (Å²) in [6.45, 7) is 0.901. The van der Waals surface area contributed by atoms with Crippen molar-refractivity contribution >= 4 is 11.5 Å². The number of halogens is 3. The minimum atomic E-state index is -1.20. The van der Waals surface area contributed by atoms with Crippen LogP contribution >= 0.6 is 0 Å². The van der Waals surface area contributed by atoms with Crippen molar-refractivity contribution in [3.8, 4) is 22.6 Å². The van der Waals surface area contributed by atoms with Crippen LogP contribution in [-0.4, -0.2) is 43.3 Å². The molecule has 0 bridgehead atoms. The number of aromatic nitrogens is 1. The van der Waals surface area contributed by atoms with E-state index in [-0.39, 0.29) is 31.3 Å². The van der Waals surface area contributed by atoms with E-state index in [1.807, 2.05) is 0 Å². The highest BCUT2D eigenvalue weighted by Gasteiger charge is 2.46. The van der Waals surface area contributed by atoms with Gasteiger partial charge in [-0.2, -0.15) is 4.39 Å². The Kier molecular flexibility index (Phi) is 4.77. The zero-order valence-corrected chi connectivity index (χ0v) is 18.1. The summed E-state index contributed by atoms with van der Waals surface area (Å²) >= 11 is 0. The average molecular weight is 466 g/mol. The summed E-state index contributed by atoms with van der Waals surface area (Å²) in [5.41, 5.74) is 7.32. The van der Waals surface area contributed by atoms with Crippen LogP contribution in [0.3, 0.4) is 0 Å². The standard InChI is InChI=1S/C25H21F3N4O2/c26-15-5-7-32(11-15)16-9-19-23(20(27)10-16)34-21-4-3-14(17-2-1-6-30-24(17)28)8-18(21)25(19)13-33-12-22(29)31-25/h1-4,6,8-10,15H,5,7,11-13H2,(H2,29,31)/t15-,25-/m1/s1. The molecule has 1 fully saturated rings. The molecule has 0 aliphatic carbocycles. The lowest BCUT2D eigenvalue weighted by Gasteiger charge is -2.40. The van der Waals surface area contributed by atoms with Crippen molar-refractivity contribution in [2.24, 2.45) is 10.7 Å². The van der Waals surface area contributed by atoms with Crippen LogP contribution in [0.4, 0.5) is 18.9 Å². The Labute approximate surface area is 193 Å². The number of anilines is 1. The second kappa shape index (κ2) is 7.73. The molecule has 9 heteroatoms. The number of hydrogen-bond acceptors (Lipinski definition) is 6. The summed E-state index contributed by atoms with van der Waals surface area (Å²) in [4.78, 5) is 10.3. The first-order chi connectivity index (χ1) is 16.4. The second-order valence-corrected chi connectivity index (χ2v) is 8.75. The Hall–Kier alpha value is -3.59. The van der Waals surface area contributed by atoms with Gasteiger partial charge in [-0.3, -0.25) is 4.99 Å². The zero-order chi connectivity index (χ0) is 23.4. The molecule has 6 rings (SSSR count). The van der Waals surface area contributed by atoms with E-state index >= 15 is 4.39 Å². The SMILES string of the molecule is NC1=N[C@]2(COC1)c1cc(-c3cccnc3F)ccc1Oc1c(F)cc(N3CC[C@@H](F)C3)cc12. The summed E-state index contributed by atoms with van der Waals surface area (Å²) in [7, 11) is 0. The number of hydrogen-bond donors (Lipinski definition) is 1. The normalized spacial score (nSPS) is 23.3. The summed E-state index contributed by atoms with van der Waals surface area (Å²) in [5.74, 6) is -0.547. The Morgan fingerprint density at radius 3 is 2.76 bits per heavy atom. The lowest BCUT2D eigenvalue weighted by atomic mass is 9.79. The maximum atomic E-state index is 15.4. The van der Waals surface area contributed by atoms with Crippen LogP contribution < -0.4 is 15.4 Å². The number of fused-ring (bicyclic) bond motifs is 4. The van der Waals surface area contributed by atoms with Crippen molar-refractivity contribution < 1.29 is 22.6 Å². The van der Waals surface area contributed by atoms with E-state index in [1.165, 1.54) is 12.3 Å². The monoisotopic (exact) mass is 466 g/mol. The highest BCUT2D eigenvalue weighted by Crippen LogP contribution is 2.53. The topological polar surface area (TPSA) is 73.0 Å². The molecule has 3 aliphatic heterocycles. The van der Waals surface area contributed by atoms with Gasteiger partial charge >= 0.3 is 0 Å². The van der Waals surface area contributed by atoms with Crippen LogP contribution in [0.2, 0.25) is 0 Å². The van der Waals surface area contributed by atoms with Crippen molar-refractivity contribution in [2.75, 3.05) is 31.2 Å². The molecule has 3 aliphatic rings. The number of alkyl halides is 1. The smallest absolute Gasteiger partial charge is 0.220 e. The lowest BCUT2D eigenvalue weighted by molar-refractivity contribution is 0.109. The minimum Gasteiger partial charge on any atom is -0.453 e. The number of amidine groups is 1. The van der Waals surface area contributed by atoms with Crippen LogP contribution in [0, 0.1) is 11.8 Å². The fourth-order valence-corrected chi connectivity index (χ4v) is 4.98. The van der Waals surface area contributed by atoms with Gasteiger partial charge in [0.25, 0.3) is 0 Å². The molecular weight excluding hydrogens is 445 g/mol. The fraction of sp³-hybridized carbons (Fsp3) is 0.280. The number of nitrogens with zero attached hydrogens (tertiary/aromatic N) is 3. The molecule has 34 heavy (non-hydrogen) atoms. The third kappa shape index (κ3) is 3.22. The number of pyridine rings is 1. The Morgan fingerprint density at radius 2 is 2.00 bits per heavy atom. The minimum absolute atomic E-state index is 0.0228. The quantitative estimate of drug-likeness (QED) is 0.570. The molecule has 2 atom stereocenters. The molecule has 1 saturated heterocycles. The van der Waals surface area contributed by atoms with E-state index in [9.17, 15) is 8.78 Å². The molecule has 174 valence electrons. The molecule has 0 saturated carbocycles. The predicted molar refractivity (Wildman–Crippen MR) is 121 cm³/mol. The van der Waals surface area contributed by atoms with Gasteiger partial charge in [-0.05, 0) is 42.3 Å². The molecule has 0 unspecified atom stereocenters. The van der Waals surface area contributed by atoms with Gasteiger partial charge in [0.2, 0.25) is 5.95 Å². The summed E-state index contributed by atoms with van der Waals surface area (Å²) in [6, 6.07) is 11.5. The number of rotatable bonds is 2. The molecule has 1 aromatic heterocycles. The van der Waals surface area contributed by atoms with Crippen LogP contribution in [-0.2, 0) is 10.3 Å². The van der Waals surface area contributed by atoms with Crippen molar-refractivity contribution in [3.05, 3.63) is 71.6 Å². The maximum absolute atomic E-state index is 15.4. The molecule has 2 N–H and O–H groups in total. The fourth-order valence-electron chi connectivity index (χ4n) is 4.98. The predicted octanol–water partition coefficient (Wildman–Crippen LogP) is 4.31. The van der Waals surface area contributed by atoms with Crippen molar-refractivity contribution in [3.63, 3.8) is 0 Å². The van der Waals surface area contributed by atoms with Gasteiger partial charge in [0.05, 0.1) is 6.61 Å². The van der Waals surface area contributed by atoms with E-state index < -0.39 is 23.5 Å². The van der Waals surface area contributed by atoms with E-state index in [4.69, 9.17) is 20.2 Å². The Bertz CT molecular complexity index is 1330. The largest absolute Gasteiger partial charge is 0.453 e. The van der Waals surface area contributed by atoms with Crippen molar-refractivity contribution in [2.45, 2.75) is 18.1 Å². The van der Waals surface area contributed by atoms with E-state index in [1.54, 1.807) is 41.3 Å². The molecule has 3 aromatic rings. The van der Waals surface area contributed by atoms with Gasteiger partial charge in [-0.15, -0.1) is 0 Å². The van der Waals surface area contributed by atoms with E-state index in [0.717, 1.165) is 0 Å². The first-order valence-electron chi connectivity index (χ1n) is 11.0. The van der Waals surface area contributed by atoms with Crippen LogP contribution in [0.15, 0.2) is 53.7 Å². The maximum Gasteiger partial charge on any atom is 0.220 e. The zero-order valence-electron chi connectivity index (χ0n) is 18.1. The molecule has 0 amide bonds. The molecule has 2 aromatic carbocycles. The van der Waals surface area contributed by atoms with Gasteiger partial charge in [0.15, 0.2) is 11.6 Å². The van der Waals surface area contributed by atoms with Crippen LogP contribution in [0.1, 0.15) is 17.5 Å². The molecule has 1 spiro atoms. The molecular formula is C25H21F3N4O2. The molecule has 4 heterocycles. The van der Waals surface area contributed by atoms with Crippen molar-refractivity contribution in [1.29, 1.82) is 0 Å². The summed E-state index contributed by atoms with van der Waals surface area (Å²) in [5, 5.41) is 0. The van der Waals surface area contributed by atoms with Gasteiger partial charge < -0.3 is 20.1 Å². The number of nitrogens with two attached hydrogens (primary N) is 1. The summed E-state index contributed by atoms with van der Waals surface area (Å²) in [6.07, 6.45) is 0.800. The first kappa shape index (κ1) is 21.0. The second-order valence-electron chi connectivity index (χ2n) is 8.75. The number of aliphatic imine (C=N–C) groups is 1. The average Bonchev–Trinajstić information content (AvgIpc) is 3.26. The molecule has 0 radical (unpaired) electrons. The lowest BCUT2D eigenvalue weighted by Crippen LogP contribution is -2.42. The van der Waals surface area contributed by atoms with Crippen LogP contribution in [0.25, 0.3) is 11.1 Å². The number of ether oxygens (including phenoxy) is 2. The van der Waals surface area contributed by atoms with Gasteiger partial charge in [-0.1, -0.05) is 6.07 Å². The molecule has 6 nitrogen and oxygen atoms in total. The highest BCUT2D eigenvalue weighted by molar-refractivity contribution is 5.84. The van der Waals surface area contributed by atoms with Gasteiger partial charge in [0, 0.05) is 47.7 Å². The van der Waals surface area contributed by atoms with E-state index in [2.05, 4.69) is 4.98 Å². The van der Waals surface area contributed by atoms with Crippen LogP contribution in [0.5, 0.6) is 11.5 Å². The Morgan fingerprint density at radius 1 is 1.12 bits per heavy atom. The first-order valence-corrected chi connectivity index (χ1v) is 11.0.